The van der Waals surface area contributed by atoms with Gasteiger partial charge in [0.15, 0.2) is 11.5 Å². The molecule has 0 bridgehead atoms. The van der Waals surface area contributed by atoms with Crippen LogP contribution in [0.1, 0.15) is 18.7 Å². The molecule has 2 aromatic rings. The zero-order valence-electron chi connectivity index (χ0n) is 9.90. The van der Waals surface area contributed by atoms with Gasteiger partial charge < -0.3 is 14.5 Å². The molecule has 1 fully saturated rings. The molecule has 17 heavy (non-hydrogen) atoms. The van der Waals surface area contributed by atoms with Crippen LogP contribution in [0.25, 0.3) is 11.1 Å². The quantitative estimate of drug-likeness (QED) is 0.858. The summed E-state index contributed by atoms with van der Waals surface area (Å²) < 4.78 is 10.8. The van der Waals surface area contributed by atoms with E-state index in [2.05, 4.69) is 10.3 Å². The molecule has 4 nitrogen and oxygen atoms in total. The Balaban J connectivity index is 1.71. The second kappa shape index (κ2) is 4.37. The molecule has 1 saturated carbocycles. The molecule has 0 unspecified atom stereocenters. The molecule has 4 heteroatoms. The van der Waals surface area contributed by atoms with E-state index >= 15 is 0 Å². The maximum Gasteiger partial charge on any atom is 0.196 e. The van der Waals surface area contributed by atoms with Crippen molar-refractivity contribution in [1.82, 2.24) is 10.3 Å². The summed E-state index contributed by atoms with van der Waals surface area (Å²) in [5.41, 5.74) is 1.69. The first-order valence-corrected chi connectivity index (χ1v) is 6.02. The van der Waals surface area contributed by atoms with E-state index in [1.54, 1.807) is 7.11 Å². The number of ether oxygens (including phenoxy) is 1. The SMILES string of the molecule is COc1ccc2nc(CCNC3CC3)oc2c1. The van der Waals surface area contributed by atoms with E-state index in [0.717, 1.165) is 41.7 Å². The van der Waals surface area contributed by atoms with Gasteiger partial charge in [-0.15, -0.1) is 0 Å². The molecule has 90 valence electrons. The van der Waals surface area contributed by atoms with Gasteiger partial charge in [-0.05, 0) is 25.0 Å². The standard InChI is InChI=1S/C13H16N2O2/c1-16-10-4-5-11-12(8-10)17-13(15-11)6-7-14-9-2-3-9/h4-5,8-9,14H,2-3,6-7H2,1H3. The van der Waals surface area contributed by atoms with Crippen LogP contribution in [0.2, 0.25) is 0 Å². The Bertz CT molecular complexity index is 517. The monoisotopic (exact) mass is 232 g/mol. The molecular formula is C13H16N2O2. The molecule has 1 N–H and O–H groups in total. The average Bonchev–Trinajstić information content (AvgIpc) is 3.07. The lowest BCUT2D eigenvalue weighted by atomic mass is 10.3. The fraction of sp³-hybridized carbons (Fsp3) is 0.462. The lowest BCUT2D eigenvalue weighted by molar-refractivity contribution is 0.414. The van der Waals surface area contributed by atoms with Gasteiger partial charge in [-0.25, -0.2) is 4.98 Å². The molecule has 0 aliphatic heterocycles. The number of aromatic nitrogens is 1. The van der Waals surface area contributed by atoms with Crippen LogP contribution < -0.4 is 10.1 Å². The molecule has 0 saturated heterocycles. The number of hydrogen-bond acceptors (Lipinski definition) is 4. The summed E-state index contributed by atoms with van der Waals surface area (Å²) in [4.78, 5) is 4.44. The van der Waals surface area contributed by atoms with Gasteiger partial charge in [-0.2, -0.15) is 0 Å². The van der Waals surface area contributed by atoms with Crippen LogP contribution in [-0.2, 0) is 6.42 Å². The van der Waals surface area contributed by atoms with E-state index in [4.69, 9.17) is 9.15 Å². The van der Waals surface area contributed by atoms with E-state index in [9.17, 15) is 0 Å². The van der Waals surface area contributed by atoms with Gasteiger partial charge >= 0.3 is 0 Å². The summed E-state index contributed by atoms with van der Waals surface area (Å²) in [6, 6.07) is 6.44. The number of nitrogens with one attached hydrogen (secondary N) is 1. The summed E-state index contributed by atoms with van der Waals surface area (Å²) in [5.74, 6) is 1.60. The number of oxazole rings is 1. The average molecular weight is 232 g/mol. The fourth-order valence-electron chi connectivity index (χ4n) is 1.86. The summed E-state index contributed by atoms with van der Waals surface area (Å²) in [6.45, 7) is 0.939. The third-order valence-corrected chi connectivity index (χ3v) is 2.99. The van der Waals surface area contributed by atoms with Crippen LogP contribution in [0, 0.1) is 0 Å². The van der Waals surface area contributed by atoms with Crippen LogP contribution in [0.5, 0.6) is 5.75 Å². The smallest absolute Gasteiger partial charge is 0.196 e. The number of methoxy groups -OCH3 is 1. The first-order chi connectivity index (χ1) is 8.35. The van der Waals surface area contributed by atoms with Gasteiger partial charge in [-0.1, -0.05) is 0 Å². The first kappa shape index (κ1) is 10.6. The maximum atomic E-state index is 5.68. The fourth-order valence-corrected chi connectivity index (χ4v) is 1.86. The van der Waals surface area contributed by atoms with Crippen LogP contribution in [0.3, 0.4) is 0 Å². The lowest BCUT2D eigenvalue weighted by Gasteiger charge is -1.97. The molecule has 1 aliphatic carbocycles. The predicted octanol–water partition coefficient (Wildman–Crippen LogP) is 2.13. The van der Waals surface area contributed by atoms with Crippen molar-refractivity contribution in [3.63, 3.8) is 0 Å². The molecule has 1 aliphatic rings. The summed E-state index contributed by atoms with van der Waals surface area (Å²) >= 11 is 0. The highest BCUT2D eigenvalue weighted by molar-refractivity contribution is 5.74. The normalized spacial score (nSPS) is 15.4. The van der Waals surface area contributed by atoms with Crippen molar-refractivity contribution >= 4 is 11.1 Å². The van der Waals surface area contributed by atoms with E-state index in [-0.39, 0.29) is 0 Å². The second-order valence-electron chi connectivity index (χ2n) is 4.42. The van der Waals surface area contributed by atoms with Crippen molar-refractivity contribution in [3.05, 3.63) is 24.1 Å². The van der Waals surface area contributed by atoms with E-state index < -0.39 is 0 Å². The number of rotatable bonds is 5. The van der Waals surface area contributed by atoms with Gasteiger partial charge in [-0.3, -0.25) is 0 Å². The van der Waals surface area contributed by atoms with E-state index in [1.807, 2.05) is 18.2 Å². The molecule has 1 aromatic heterocycles. The van der Waals surface area contributed by atoms with E-state index in [0.29, 0.717) is 0 Å². The van der Waals surface area contributed by atoms with Crippen molar-refractivity contribution < 1.29 is 9.15 Å². The highest BCUT2D eigenvalue weighted by Gasteiger charge is 2.20. The van der Waals surface area contributed by atoms with Gasteiger partial charge in [0.25, 0.3) is 0 Å². The Kier molecular flexibility index (Phi) is 2.73. The minimum Gasteiger partial charge on any atom is -0.497 e. The van der Waals surface area contributed by atoms with Crippen LogP contribution in [0.15, 0.2) is 22.6 Å². The second-order valence-corrected chi connectivity index (χ2v) is 4.42. The Morgan fingerprint density at radius 3 is 3.12 bits per heavy atom. The van der Waals surface area contributed by atoms with Gasteiger partial charge in [0.1, 0.15) is 11.3 Å². The molecule has 1 heterocycles. The van der Waals surface area contributed by atoms with Crippen molar-refractivity contribution in [2.45, 2.75) is 25.3 Å². The summed E-state index contributed by atoms with van der Waals surface area (Å²) in [7, 11) is 1.65. The zero-order chi connectivity index (χ0) is 11.7. The van der Waals surface area contributed by atoms with Crippen LogP contribution in [-0.4, -0.2) is 24.7 Å². The van der Waals surface area contributed by atoms with Crippen molar-refractivity contribution in [3.8, 4) is 5.75 Å². The van der Waals surface area contributed by atoms with Gasteiger partial charge in [0, 0.05) is 25.1 Å². The Morgan fingerprint density at radius 2 is 2.35 bits per heavy atom. The molecule has 3 rings (SSSR count). The zero-order valence-corrected chi connectivity index (χ0v) is 9.90. The number of nitrogens with zero attached hydrogens (tertiary/aromatic N) is 1. The largest absolute Gasteiger partial charge is 0.497 e. The van der Waals surface area contributed by atoms with Gasteiger partial charge in [0.05, 0.1) is 7.11 Å². The number of benzene rings is 1. The Morgan fingerprint density at radius 1 is 1.47 bits per heavy atom. The topological polar surface area (TPSA) is 47.3 Å². The van der Waals surface area contributed by atoms with Crippen LogP contribution >= 0.6 is 0 Å². The minimum atomic E-state index is 0.736. The predicted molar refractivity (Wildman–Crippen MR) is 65.3 cm³/mol. The molecule has 0 atom stereocenters. The summed E-state index contributed by atoms with van der Waals surface area (Å²) in [5, 5.41) is 3.45. The molecule has 0 spiro atoms. The molecular weight excluding hydrogens is 216 g/mol. The molecule has 0 amide bonds. The van der Waals surface area contributed by atoms with E-state index in [1.165, 1.54) is 12.8 Å². The van der Waals surface area contributed by atoms with Gasteiger partial charge in [0.2, 0.25) is 0 Å². The molecule has 0 radical (unpaired) electrons. The minimum absolute atomic E-state index is 0.736. The Hall–Kier alpha value is -1.55. The van der Waals surface area contributed by atoms with Crippen molar-refractivity contribution in [2.24, 2.45) is 0 Å². The Labute approximate surface area is 100.0 Å². The third-order valence-electron chi connectivity index (χ3n) is 2.99. The maximum absolute atomic E-state index is 5.68. The van der Waals surface area contributed by atoms with Crippen molar-refractivity contribution in [2.75, 3.05) is 13.7 Å². The third kappa shape index (κ3) is 2.42. The first-order valence-electron chi connectivity index (χ1n) is 6.02. The molecule has 1 aromatic carbocycles. The number of fused-ring (bicyclic) bond motifs is 1. The highest BCUT2D eigenvalue weighted by atomic mass is 16.5. The van der Waals surface area contributed by atoms with Crippen molar-refractivity contribution in [1.29, 1.82) is 0 Å². The lowest BCUT2D eigenvalue weighted by Crippen LogP contribution is -2.19. The van der Waals surface area contributed by atoms with Crippen LogP contribution in [0.4, 0.5) is 0 Å². The highest BCUT2D eigenvalue weighted by Crippen LogP contribution is 2.22. The number of hydrogen-bond donors (Lipinski definition) is 1. The summed E-state index contributed by atoms with van der Waals surface area (Å²) in [6.07, 6.45) is 3.46.